The number of primary sulfonamides is 1. The van der Waals surface area contributed by atoms with Crippen molar-refractivity contribution in [1.82, 2.24) is 4.98 Å². The summed E-state index contributed by atoms with van der Waals surface area (Å²) < 4.78 is 22.8. The van der Waals surface area contributed by atoms with Gasteiger partial charge in [-0.25, -0.2) is 13.6 Å². The molecule has 0 saturated heterocycles. The lowest BCUT2D eigenvalue weighted by Crippen LogP contribution is -2.16. The summed E-state index contributed by atoms with van der Waals surface area (Å²) in [7, 11) is -3.80. The molecule has 19 heavy (non-hydrogen) atoms. The highest BCUT2D eigenvalue weighted by Gasteiger charge is 2.13. The van der Waals surface area contributed by atoms with E-state index in [0.717, 1.165) is 0 Å². The summed E-state index contributed by atoms with van der Waals surface area (Å²) in [6.07, 6.45) is 1.62. The van der Waals surface area contributed by atoms with E-state index in [2.05, 4.69) is 10.3 Å². The molecule has 0 aliphatic carbocycles. The Bertz CT molecular complexity index is 706. The van der Waals surface area contributed by atoms with Gasteiger partial charge in [-0.2, -0.15) is 0 Å². The number of aromatic nitrogens is 1. The van der Waals surface area contributed by atoms with Crippen LogP contribution in [0.2, 0.25) is 0 Å². The summed E-state index contributed by atoms with van der Waals surface area (Å²) >= 11 is 0. The number of sulfonamides is 1. The molecular weight excluding hydrogens is 266 g/mol. The Hall–Kier alpha value is -2.12. The minimum absolute atomic E-state index is 0.00298. The molecular formula is C12H13N3O3S. The van der Waals surface area contributed by atoms with Gasteiger partial charge in [-0.05, 0) is 36.8 Å². The van der Waals surface area contributed by atoms with Crippen molar-refractivity contribution in [1.29, 1.82) is 0 Å². The molecule has 1 heterocycles. The Morgan fingerprint density at radius 3 is 2.63 bits per heavy atom. The van der Waals surface area contributed by atoms with Gasteiger partial charge in [0, 0.05) is 11.9 Å². The van der Waals surface area contributed by atoms with Crippen molar-refractivity contribution >= 4 is 21.6 Å². The van der Waals surface area contributed by atoms with E-state index < -0.39 is 10.0 Å². The predicted octanol–water partition coefficient (Wildman–Crippen LogP) is 1.22. The highest BCUT2D eigenvalue weighted by molar-refractivity contribution is 7.89. The zero-order chi connectivity index (χ0) is 14.0. The summed E-state index contributed by atoms with van der Waals surface area (Å²) in [4.78, 5) is 14.6. The molecule has 100 valence electrons. The molecule has 7 heteroatoms. The van der Waals surface area contributed by atoms with Crippen LogP contribution >= 0.6 is 0 Å². The summed E-state index contributed by atoms with van der Waals surface area (Å²) in [5, 5.41) is 7.70. The van der Waals surface area contributed by atoms with Crippen LogP contribution in [0.1, 0.15) is 16.1 Å². The minimum atomic E-state index is -3.80. The summed E-state index contributed by atoms with van der Waals surface area (Å²) in [5.74, 6) is -0.353. The number of carbonyl (C=O) groups excluding carboxylic acids is 1. The van der Waals surface area contributed by atoms with E-state index in [1.807, 2.05) is 0 Å². The van der Waals surface area contributed by atoms with Crippen LogP contribution in [0.25, 0.3) is 0 Å². The fourth-order valence-corrected chi connectivity index (χ4v) is 2.46. The largest absolute Gasteiger partial charge is 0.357 e. The normalized spacial score (nSPS) is 11.3. The molecule has 2 aromatic rings. The summed E-state index contributed by atoms with van der Waals surface area (Å²) in [6.45, 7) is 1.64. The molecule has 2 rings (SSSR count). The second kappa shape index (κ2) is 4.87. The van der Waals surface area contributed by atoms with Crippen molar-refractivity contribution in [3.8, 4) is 0 Å². The SMILES string of the molecule is Cc1ccc(NC(=O)c2ccc[nH]2)cc1S(N)(=O)=O. The number of benzene rings is 1. The van der Waals surface area contributed by atoms with Crippen LogP contribution in [-0.2, 0) is 10.0 Å². The Balaban J connectivity index is 2.30. The van der Waals surface area contributed by atoms with Crippen molar-refractivity contribution in [2.45, 2.75) is 11.8 Å². The van der Waals surface area contributed by atoms with E-state index >= 15 is 0 Å². The number of amides is 1. The number of rotatable bonds is 3. The predicted molar refractivity (Wildman–Crippen MR) is 71.3 cm³/mol. The molecule has 0 spiro atoms. The van der Waals surface area contributed by atoms with Gasteiger partial charge < -0.3 is 10.3 Å². The third-order valence-electron chi connectivity index (χ3n) is 2.60. The molecule has 1 aromatic carbocycles. The van der Waals surface area contributed by atoms with Gasteiger partial charge in [-0.1, -0.05) is 6.07 Å². The lowest BCUT2D eigenvalue weighted by molar-refractivity contribution is 0.102. The van der Waals surface area contributed by atoms with Gasteiger partial charge in [0.2, 0.25) is 10.0 Å². The van der Waals surface area contributed by atoms with Crippen LogP contribution < -0.4 is 10.5 Å². The number of aryl methyl sites for hydroxylation is 1. The van der Waals surface area contributed by atoms with Gasteiger partial charge in [0.15, 0.2) is 0 Å². The molecule has 6 nitrogen and oxygen atoms in total. The molecule has 0 fully saturated rings. The van der Waals surface area contributed by atoms with E-state index in [9.17, 15) is 13.2 Å². The molecule has 0 saturated carbocycles. The lowest BCUT2D eigenvalue weighted by Gasteiger charge is -2.08. The Morgan fingerprint density at radius 2 is 2.05 bits per heavy atom. The van der Waals surface area contributed by atoms with Gasteiger partial charge in [0.25, 0.3) is 5.91 Å². The molecule has 0 unspecified atom stereocenters. The number of nitrogens with one attached hydrogen (secondary N) is 2. The average Bonchev–Trinajstić information content (AvgIpc) is 2.83. The highest BCUT2D eigenvalue weighted by Crippen LogP contribution is 2.19. The fraction of sp³-hybridized carbons (Fsp3) is 0.0833. The maximum absolute atomic E-state index is 11.8. The molecule has 0 radical (unpaired) electrons. The maximum Gasteiger partial charge on any atom is 0.272 e. The van der Waals surface area contributed by atoms with Crippen molar-refractivity contribution < 1.29 is 13.2 Å². The van der Waals surface area contributed by atoms with E-state index in [1.165, 1.54) is 6.07 Å². The van der Waals surface area contributed by atoms with Crippen molar-refractivity contribution in [2.75, 3.05) is 5.32 Å². The Kier molecular flexibility index (Phi) is 3.41. The average molecular weight is 279 g/mol. The van der Waals surface area contributed by atoms with E-state index in [1.54, 1.807) is 37.4 Å². The zero-order valence-corrected chi connectivity index (χ0v) is 11.0. The van der Waals surface area contributed by atoms with Crippen LogP contribution in [0.5, 0.6) is 0 Å². The van der Waals surface area contributed by atoms with Crippen molar-refractivity contribution in [2.24, 2.45) is 5.14 Å². The van der Waals surface area contributed by atoms with Crippen LogP contribution in [0.3, 0.4) is 0 Å². The third-order valence-corrected chi connectivity index (χ3v) is 3.65. The van der Waals surface area contributed by atoms with E-state index in [4.69, 9.17) is 5.14 Å². The quantitative estimate of drug-likeness (QED) is 0.786. The number of hydrogen-bond acceptors (Lipinski definition) is 3. The minimum Gasteiger partial charge on any atom is -0.357 e. The van der Waals surface area contributed by atoms with Gasteiger partial charge in [-0.15, -0.1) is 0 Å². The molecule has 4 N–H and O–H groups in total. The van der Waals surface area contributed by atoms with Gasteiger partial charge in [-0.3, -0.25) is 4.79 Å². The monoisotopic (exact) mass is 279 g/mol. The van der Waals surface area contributed by atoms with Gasteiger partial charge in [0.1, 0.15) is 5.69 Å². The third kappa shape index (κ3) is 3.01. The van der Waals surface area contributed by atoms with Gasteiger partial charge in [0.05, 0.1) is 4.90 Å². The summed E-state index contributed by atoms with van der Waals surface area (Å²) in [6, 6.07) is 7.85. The topological polar surface area (TPSA) is 105 Å². The van der Waals surface area contributed by atoms with Gasteiger partial charge >= 0.3 is 0 Å². The van der Waals surface area contributed by atoms with Crippen molar-refractivity contribution in [3.05, 3.63) is 47.8 Å². The Morgan fingerprint density at radius 1 is 1.32 bits per heavy atom. The molecule has 0 aliphatic heterocycles. The number of H-pyrrole nitrogens is 1. The first-order valence-corrected chi connectivity index (χ1v) is 7.01. The fourth-order valence-electron chi connectivity index (χ4n) is 1.65. The number of hydrogen-bond donors (Lipinski definition) is 3. The first-order valence-electron chi connectivity index (χ1n) is 5.46. The number of anilines is 1. The standard InChI is InChI=1S/C12H13N3O3S/c1-8-4-5-9(7-11(8)19(13,17)18)15-12(16)10-3-2-6-14-10/h2-7,14H,1H3,(H,15,16)(H2,13,17,18). The lowest BCUT2D eigenvalue weighted by atomic mass is 10.2. The summed E-state index contributed by atoms with van der Waals surface area (Å²) in [5.41, 5.74) is 1.28. The van der Waals surface area contributed by atoms with E-state index in [0.29, 0.717) is 16.9 Å². The zero-order valence-electron chi connectivity index (χ0n) is 10.2. The van der Waals surface area contributed by atoms with Crippen LogP contribution in [0.15, 0.2) is 41.4 Å². The molecule has 1 aromatic heterocycles. The highest BCUT2D eigenvalue weighted by atomic mass is 32.2. The van der Waals surface area contributed by atoms with Crippen LogP contribution in [-0.4, -0.2) is 19.3 Å². The second-order valence-electron chi connectivity index (χ2n) is 4.06. The Labute approximate surface area is 110 Å². The molecule has 1 amide bonds. The van der Waals surface area contributed by atoms with Crippen LogP contribution in [0, 0.1) is 6.92 Å². The van der Waals surface area contributed by atoms with E-state index in [-0.39, 0.29) is 10.8 Å². The number of nitrogens with two attached hydrogens (primary N) is 1. The van der Waals surface area contributed by atoms with Crippen molar-refractivity contribution in [3.63, 3.8) is 0 Å². The number of carbonyl (C=O) groups is 1. The smallest absolute Gasteiger partial charge is 0.272 e. The second-order valence-corrected chi connectivity index (χ2v) is 5.59. The molecule has 0 bridgehead atoms. The first kappa shape index (κ1) is 13.3. The van der Waals surface area contributed by atoms with Crippen LogP contribution in [0.4, 0.5) is 5.69 Å². The maximum atomic E-state index is 11.8. The first-order chi connectivity index (χ1) is 8.88. The molecule has 0 atom stereocenters. The number of aromatic amines is 1. The molecule has 0 aliphatic rings.